The van der Waals surface area contributed by atoms with Crippen molar-refractivity contribution in [1.29, 1.82) is 0 Å². The number of hydrogen-bond acceptors (Lipinski definition) is 17. The molecule has 93 heavy (non-hydrogen) atoms. The molecule has 3 heterocycles. The van der Waals surface area contributed by atoms with Gasteiger partial charge in [0.1, 0.15) is 18.6 Å². The summed E-state index contributed by atoms with van der Waals surface area (Å²) >= 11 is 18.7. The van der Waals surface area contributed by atoms with Crippen molar-refractivity contribution >= 4 is 132 Å². The standard InChI is InChI=1S/2C20H23NO2S.C12H15BrO2S.C8H10BNO2.C6H11BrO2.C6H5BrS/c2*1-4-23-19(22)20(2,3)24-18-8-6-5-7-16(18)15-11-12-17(21-13-15)14-9-10-14;1-4-15-11(14)12(2,3)16-10-8-6-5-7-9(10)13;11-9(12)7-3-4-8(10-5-7)6-1-2-6;1-4-9-5(8)6(2,3)7;7-5-3-1-2-4-6(5)8/h2*5-8,11-14H,4,9-10H2,1-3H3;5-8H,4H2,1-3H3;3-6,11-12H,1-2H2;4H2,1-3H3;1-4,8H. The Morgan fingerprint density at radius 1 is 0.462 bits per heavy atom. The third-order valence-electron chi connectivity index (χ3n) is 13.9. The average Bonchev–Trinajstić information content (AvgIpc) is 1.70. The molecule has 0 aliphatic heterocycles. The molecule has 0 bridgehead atoms. The van der Waals surface area contributed by atoms with Crippen LogP contribution in [-0.2, 0) is 38.1 Å². The van der Waals surface area contributed by atoms with Crippen molar-refractivity contribution in [2.75, 3.05) is 26.4 Å². The molecule has 4 aromatic carbocycles. The van der Waals surface area contributed by atoms with E-state index in [9.17, 15) is 19.2 Å². The molecule has 3 fully saturated rings. The Bertz CT molecular complexity index is 3320. The maximum Gasteiger partial charge on any atom is 0.490 e. The first-order valence-electron chi connectivity index (χ1n) is 31.1. The molecule has 0 atom stereocenters. The molecule has 7 aromatic rings. The number of hydrogen-bond donors (Lipinski definition) is 3. The van der Waals surface area contributed by atoms with Crippen LogP contribution in [0.3, 0.4) is 0 Å². The molecule has 2 N–H and O–H groups in total. The van der Waals surface area contributed by atoms with Crippen LogP contribution in [0.2, 0.25) is 0 Å². The predicted molar refractivity (Wildman–Crippen MR) is 394 cm³/mol. The zero-order chi connectivity index (χ0) is 68.5. The van der Waals surface area contributed by atoms with Crippen LogP contribution in [0.15, 0.2) is 181 Å². The van der Waals surface area contributed by atoms with E-state index in [0.717, 1.165) is 56.5 Å². The number of esters is 4. The molecule has 0 unspecified atom stereocenters. The van der Waals surface area contributed by atoms with Crippen molar-refractivity contribution in [3.63, 3.8) is 0 Å². The van der Waals surface area contributed by atoms with Gasteiger partial charge in [0, 0.05) is 98.5 Å². The first-order valence-corrected chi connectivity index (χ1v) is 36.4. The van der Waals surface area contributed by atoms with Gasteiger partial charge >= 0.3 is 31.0 Å². The van der Waals surface area contributed by atoms with Gasteiger partial charge in [0.25, 0.3) is 0 Å². The van der Waals surface area contributed by atoms with Gasteiger partial charge in [0.05, 0.1) is 26.4 Å². The fraction of sp³-hybridized carbons (Fsp3) is 0.403. The van der Waals surface area contributed by atoms with E-state index in [0.29, 0.717) is 49.6 Å². The second kappa shape index (κ2) is 38.1. The number of thiol groups is 1. The summed E-state index contributed by atoms with van der Waals surface area (Å²) in [6.07, 6.45) is 12.9. The van der Waals surface area contributed by atoms with Crippen LogP contribution in [0.4, 0.5) is 0 Å². The number of halogens is 3. The monoisotopic (exact) mass is 1530 g/mol. The van der Waals surface area contributed by atoms with Crippen LogP contribution in [0.5, 0.6) is 0 Å². The van der Waals surface area contributed by atoms with E-state index in [4.69, 9.17) is 29.0 Å². The summed E-state index contributed by atoms with van der Waals surface area (Å²) in [6.45, 7) is 23.8. The Labute approximate surface area is 594 Å². The number of carbonyl (C=O) groups is 4. The molecular formula is C72H87BBr3N3O10S4. The minimum Gasteiger partial charge on any atom is -0.465 e. The Morgan fingerprint density at radius 3 is 1.06 bits per heavy atom. The number of aromatic nitrogens is 3. The van der Waals surface area contributed by atoms with Crippen molar-refractivity contribution in [1.82, 2.24) is 15.0 Å². The normalized spacial score (nSPS) is 13.4. The summed E-state index contributed by atoms with van der Waals surface area (Å²) in [5.41, 5.74) is 8.29. The molecule has 10 rings (SSSR count). The lowest BCUT2D eigenvalue weighted by atomic mass is 9.81. The summed E-state index contributed by atoms with van der Waals surface area (Å²) in [7, 11) is -1.40. The molecule has 0 spiro atoms. The van der Waals surface area contributed by atoms with Gasteiger partial charge in [-0.3, -0.25) is 34.1 Å². The smallest absolute Gasteiger partial charge is 0.465 e. The second-order valence-electron chi connectivity index (χ2n) is 23.7. The lowest BCUT2D eigenvalue weighted by Gasteiger charge is -2.23. The van der Waals surface area contributed by atoms with E-state index < -0.39 is 25.7 Å². The third kappa shape index (κ3) is 26.9. The Kier molecular flexibility index (Phi) is 32.3. The van der Waals surface area contributed by atoms with Crippen molar-refractivity contribution in [3.05, 3.63) is 178 Å². The topological polar surface area (TPSA) is 184 Å². The van der Waals surface area contributed by atoms with Crippen LogP contribution in [0, 0.1) is 0 Å². The van der Waals surface area contributed by atoms with Crippen LogP contribution in [0.25, 0.3) is 22.3 Å². The summed E-state index contributed by atoms with van der Waals surface area (Å²) in [6, 6.07) is 44.1. The van der Waals surface area contributed by atoms with Crippen LogP contribution < -0.4 is 5.46 Å². The summed E-state index contributed by atoms with van der Waals surface area (Å²) in [5, 5.41) is 17.6. The summed E-state index contributed by atoms with van der Waals surface area (Å²) < 4.78 is 19.8. The highest BCUT2D eigenvalue weighted by atomic mass is 79.9. The Balaban J connectivity index is 0.000000212. The maximum absolute atomic E-state index is 12.2. The highest BCUT2D eigenvalue weighted by Crippen LogP contribution is 2.44. The largest absolute Gasteiger partial charge is 0.490 e. The van der Waals surface area contributed by atoms with Gasteiger partial charge in [0.2, 0.25) is 0 Å². The third-order valence-corrected chi connectivity index (χ3v) is 20.3. The Morgan fingerprint density at radius 2 is 0.785 bits per heavy atom. The van der Waals surface area contributed by atoms with Gasteiger partial charge in [-0.2, -0.15) is 0 Å². The number of alkyl halides is 1. The van der Waals surface area contributed by atoms with Crippen LogP contribution >= 0.6 is 95.7 Å². The highest BCUT2D eigenvalue weighted by Gasteiger charge is 2.34. The lowest BCUT2D eigenvalue weighted by Crippen LogP contribution is -2.30. The molecule has 3 aliphatic carbocycles. The van der Waals surface area contributed by atoms with Crippen molar-refractivity contribution < 1.29 is 48.2 Å². The van der Waals surface area contributed by atoms with E-state index in [1.807, 2.05) is 154 Å². The molecule has 21 heteroatoms. The number of carbonyl (C=O) groups excluding carboxylic acids is 4. The van der Waals surface area contributed by atoms with E-state index >= 15 is 0 Å². The molecular weight excluding hydrogens is 1450 g/mol. The van der Waals surface area contributed by atoms with E-state index in [1.54, 1.807) is 26.8 Å². The minimum atomic E-state index is -1.40. The molecule has 3 aromatic heterocycles. The average molecular weight is 1530 g/mol. The SMILES string of the molecule is CCOC(=O)C(C)(C)Br.CCOC(=O)C(C)(C)Sc1ccccc1-c1ccc(C2CC2)nc1.CCOC(=O)C(C)(C)Sc1ccccc1-c1ccc(C2CC2)nc1.CCOC(=O)C(C)(C)Sc1ccccc1Br.OB(O)c1ccc(C2CC2)nc1.Sc1ccccc1Br. The van der Waals surface area contributed by atoms with Gasteiger partial charge in [-0.25, -0.2) is 0 Å². The van der Waals surface area contributed by atoms with Crippen LogP contribution in [-0.4, -0.2) is 101 Å². The number of ether oxygens (including phenoxy) is 4. The van der Waals surface area contributed by atoms with Crippen LogP contribution in [0.1, 0.15) is 156 Å². The molecule has 0 amide bonds. The van der Waals surface area contributed by atoms with Crippen molar-refractivity contribution in [3.8, 4) is 22.3 Å². The van der Waals surface area contributed by atoms with Gasteiger partial charge < -0.3 is 29.0 Å². The van der Waals surface area contributed by atoms with Gasteiger partial charge in [-0.1, -0.05) is 94.8 Å². The second-order valence-corrected chi connectivity index (χ2v) is 32.9. The highest BCUT2D eigenvalue weighted by molar-refractivity contribution is 9.11. The number of nitrogens with zero attached hydrogens (tertiary/aromatic N) is 3. The molecule has 3 aliphatic rings. The first kappa shape index (κ1) is 78.7. The molecule has 0 radical (unpaired) electrons. The van der Waals surface area contributed by atoms with Crippen molar-refractivity contribution in [2.45, 2.75) is 178 Å². The predicted octanol–water partition coefficient (Wildman–Crippen LogP) is 18.1. The van der Waals surface area contributed by atoms with E-state index in [-0.39, 0.29) is 23.9 Å². The summed E-state index contributed by atoms with van der Waals surface area (Å²) in [4.78, 5) is 64.4. The molecule has 498 valence electrons. The minimum absolute atomic E-state index is 0.184. The lowest BCUT2D eigenvalue weighted by molar-refractivity contribution is -0.145. The fourth-order valence-corrected chi connectivity index (χ4v) is 12.7. The number of thioether (sulfide) groups is 3. The zero-order valence-corrected chi connectivity index (χ0v) is 63.2. The molecule has 0 saturated heterocycles. The Hall–Kier alpha value is -4.97. The number of pyridine rings is 3. The van der Waals surface area contributed by atoms with Gasteiger partial charge in [-0.05, 0) is 219 Å². The zero-order valence-electron chi connectivity index (χ0n) is 55.1. The molecule has 3 saturated carbocycles. The number of benzene rings is 4. The van der Waals surface area contributed by atoms with E-state index in [2.05, 4.69) is 124 Å². The summed E-state index contributed by atoms with van der Waals surface area (Å²) in [5.74, 6) is 1.16. The maximum atomic E-state index is 12.2. The molecule has 13 nitrogen and oxygen atoms in total. The van der Waals surface area contributed by atoms with Crippen molar-refractivity contribution in [2.24, 2.45) is 0 Å². The number of rotatable bonds is 20. The fourth-order valence-electron chi connectivity index (χ4n) is 8.30. The van der Waals surface area contributed by atoms with E-state index in [1.165, 1.54) is 91.4 Å². The quantitative estimate of drug-likeness (QED) is 0.0163. The van der Waals surface area contributed by atoms with Gasteiger partial charge in [0.15, 0.2) is 0 Å². The van der Waals surface area contributed by atoms with Gasteiger partial charge in [-0.15, -0.1) is 47.9 Å². The first-order chi connectivity index (χ1) is 44.0.